The van der Waals surface area contributed by atoms with Crippen LogP contribution in [0, 0.1) is 11.8 Å². The molecule has 0 saturated heterocycles. The molecule has 1 saturated carbocycles. The number of carbonyl (C=O) groups is 1. The van der Waals surface area contributed by atoms with Crippen molar-refractivity contribution in [2.24, 2.45) is 18.9 Å². The second-order valence-corrected chi connectivity index (χ2v) is 9.59. The van der Waals surface area contributed by atoms with Crippen LogP contribution in [0.2, 0.25) is 5.02 Å². The number of hydrogen-bond acceptors (Lipinski definition) is 3. The third-order valence-corrected chi connectivity index (χ3v) is 7.16. The molecule has 1 fully saturated rings. The third kappa shape index (κ3) is 5.32. The molecule has 0 radical (unpaired) electrons. The van der Waals surface area contributed by atoms with Crippen LogP contribution in [-0.4, -0.2) is 33.6 Å². The van der Waals surface area contributed by atoms with E-state index in [-0.39, 0.29) is 18.9 Å². The number of rotatable bonds is 9. The lowest BCUT2D eigenvalue weighted by molar-refractivity contribution is -0.174. The van der Waals surface area contributed by atoms with E-state index in [1.807, 2.05) is 6.07 Å². The highest BCUT2D eigenvalue weighted by molar-refractivity contribution is 6.33. The van der Waals surface area contributed by atoms with Crippen LogP contribution < -0.4 is 5.32 Å². The second-order valence-electron chi connectivity index (χ2n) is 9.19. The van der Waals surface area contributed by atoms with E-state index >= 15 is 0 Å². The Morgan fingerprint density at radius 1 is 1.24 bits per heavy atom. The average molecular weight is 494 g/mol. The first-order valence-corrected chi connectivity index (χ1v) is 11.7. The van der Waals surface area contributed by atoms with Gasteiger partial charge in [-0.3, -0.25) is 9.48 Å². The smallest absolute Gasteiger partial charge is 0.392 e. The first-order chi connectivity index (χ1) is 16.0. The zero-order valence-electron chi connectivity index (χ0n) is 18.9. The molecule has 0 amide bonds. The molecule has 3 atom stereocenters. The summed E-state index contributed by atoms with van der Waals surface area (Å²) < 4.78 is 43.0. The minimum absolute atomic E-state index is 0.0165. The lowest BCUT2D eigenvalue weighted by Gasteiger charge is -2.28. The number of halogens is 4. The maximum Gasteiger partial charge on any atom is 0.392 e. The van der Waals surface area contributed by atoms with Crippen molar-refractivity contribution in [2.75, 3.05) is 11.9 Å². The Balaban J connectivity index is 1.61. The van der Waals surface area contributed by atoms with E-state index < -0.39 is 24.0 Å². The van der Waals surface area contributed by atoms with Gasteiger partial charge in [0, 0.05) is 24.9 Å². The monoisotopic (exact) mass is 493 g/mol. The van der Waals surface area contributed by atoms with Crippen molar-refractivity contribution in [3.8, 4) is 0 Å². The van der Waals surface area contributed by atoms with E-state index in [1.165, 1.54) is 6.92 Å². The van der Waals surface area contributed by atoms with Crippen molar-refractivity contribution in [1.29, 1.82) is 0 Å². The summed E-state index contributed by atoms with van der Waals surface area (Å²) >= 11 is 6.37. The van der Waals surface area contributed by atoms with Gasteiger partial charge >= 0.3 is 12.1 Å². The minimum atomic E-state index is -4.37. The zero-order valence-corrected chi connectivity index (χ0v) is 19.7. The quantitative estimate of drug-likeness (QED) is 0.353. The van der Waals surface area contributed by atoms with Crippen LogP contribution in [0.3, 0.4) is 0 Å². The predicted molar refractivity (Wildman–Crippen MR) is 126 cm³/mol. The molecule has 34 heavy (non-hydrogen) atoms. The fraction of sp³-hybridized carbons (Fsp3) is 0.440. The molecule has 3 aromatic rings. The number of anilines is 1. The Kier molecular flexibility index (Phi) is 6.80. The van der Waals surface area contributed by atoms with Crippen LogP contribution in [0.15, 0.2) is 42.6 Å². The summed E-state index contributed by atoms with van der Waals surface area (Å²) in [6, 6.07) is 10.5. The number of hydrogen-bond donors (Lipinski definition) is 2. The SMILES string of the molecule is C[C@H]([C@@H](CNc1cc([C@@H](CC(=O)O)C2CC2)ccc1Cl)c1ccc2c(cnn2C)c1)C(F)(F)F. The van der Waals surface area contributed by atoms with Crippen LogP contribution in [0.4, 0.5) is 18.9 Å². The molecule has 1 aromatic heterocycles. The van der Waals surface area contributed by atoms with E-state index in [0.29, 0.717) is 22.2 Å². The van der Waals surface area contributed by atoms with Crippen molar-refractivity contribution >= 4 is 34.2 Å². The number of alkyl halides is 3. The second kappa shape index (κ2) is 9.49. The molecule has 1 aliphatic carbocycles. The summed E-state index contributed by atoms with van der Waals surface area (Å²) in [6.07, 6.45) is -0.760. The molecule has 182 valence electrons. The van der Waals surface area contributed by atoms with Crippen LogP contribution in [0.1, 0.15) is 49.1 Å². The largest absolute Gasteiger partial charge is 0.481 e. The van der Waals surface area contributed by atoms with Crippen LogP contribution >= 0.6 is 11.6 Å². The summed E-state index contributed by atoms with van der Waals surface area (Å²) in [5.41, 5.74) is 2.76. The molecule has 2 aromatic carbocycles. The van der Waals surface area contributed by atoms with E-state index in [4.69, 9.17) is 11.6 Å². The summed E-state index contributed by atoms with van der Waals surface area (Å²) in [6.45, 7) is 1.20. The molecule has 0 spiro atoms. The molecule has 1 aliphatic rings. The lowest BCUT2D eigenvalue weighted by atomic mass is 9.86. The fourth-order valence-corrected chi connectivity index (χ4v) is 4.78. The summed E-state index contributed by atoms with van der Waals surface area (Å²) in [4.78, 5) is 11.3. The van der Waals surface area contributed by atoms with Gasteiger partial charge in [-0.25, -0.2) is 0 Å². The van der Waals surface area contributed by atoms with Crippen molar-refractivity contribution < 1.29 is 23.1 Å². The highest BCUT2D eigenvalue weighted by Crippen LogP contribution is 2.46. The van der Waals surface area contributed by atoms with Gasteiger partial charge in [0.05, 0.1) is 34.8 Å². The normalized spacial score (nSPS) is 16.9. The Morgan fingerprint density at radius 3 is 2.59 bits per heavy atom. The minimum Gasteiger partial charge on any atom is -0.481 e. The number of benzene rings is 2. The van der Waals surface area contributed by atoms with Crippen molar-refractivity contribution in [3.63, 3.8) is 0 Å². The number of nitrogens with one attached hydrogen (secondary N) is 1. The van der Waals surface area contributed by atoms with E-state index in [0.717, 1.165) is 29.3 Å². The van der Waals surface area contributed by atoms with Gasteiger partial charge in [-0.15, -0.1) is 0 Å². The molecular formula is C25H27ClF3N3O2. The number of carboxylic acids is 1. The summed E-state index contributed by atoms with van der Waals surface area (Å²) in [5, 5.41) is 17.8. The zero-order chi connectivity index (χ0) is 24.6. The van der Waals surface area contributed by atoms with Gasteiger partial charge in [0.25, 0.3) is 0 Å². The highest BCUT2D eigenvalue weighted by Gasteiger charge is 2.42. The standard InChI is InChI=1S/C25H27ClF3N3O2/c1-14(25(27,28)29)20(16-6-8-23-18(9-16)12-31-32(23)2)13-30-22-10-17(5-7-21(22)26)19(11-24(33)34)15-3-4-15/h5-10,12,14-15,19-20,30H,3-4,11,13H2,1-2H3,(H,33,34)/t14-,19+,20-/m1/s1. The number of nitrogens with zero attached hydrogens (tertiary/aromatic N) is 2. The van der Waals surface area contributed by atoms with Crippen molar-refractivity contribution in [1.82, 2.24) is 9.78 Å². The molecule has 4 rings (SSSR count). The van der Waals surface area contributed by atoms with E-state index in [9.17, 15) is 23.1 Å². The molecule has 1 heterocycles. The van der Waals surface area contributed by atoms with E-state index in [2.05, 4.69) is 10.4 Å². The van der Waals surface area contributed by atoms with Gasteiger partial charge in [0.15, 0.2) is 0 Å². The summed E-state index contributed by atoms with van der Waals surface area (Å²) in [7, 11) is 1.79. The van der Waals surface area contributed by atoms with Crippen LogP contribution in [0.5, 0.6) is 0 Å². The number of aryl methyl sites for hydroxylation is 1. The number of aromatic nitrogens is 2. The predicted octanol–water partition coefficient (Wildman–Crippen LogP) is 6.59. The fourth-order valence-electron chi connectivity index (χ4n) is 4.60. The van der Waals surface area contributed by atoms with E-state index in [1.54, 1.807) is 48.3 Å². The van der Waals surface area contributed by atoms with Crippen molar-refractivity contribution in [2.45, 2.75) is 44.2 Å². The molecule has 0 aliphatic heterocycles. The maximum absolute atomic E-state index is 13.8. The van der Waals surface area contributed by atoms with Gasteiger partial charge in [0.1, 0.15) is 0 Å². The Morgan fingerprint density at radius 2 is 1.94 bits per heavy atom. The molecule has 0 unspecified atom stereocenters. The van der Waals surface area contributed by atoms with Crippen molar-refractivity contribution in [3.05, 3.63) is 58.7 Å². The maximum atomic E-state index is 13.8. The Hall–Kier alpha value is -2.74. The highest BCUT2D eigenvalue weighted by atomic mass is 35.5. The number of carboxylic acid groups (broad SMARTS) is 1. The summed E-state index contributed by atoms with van der Waals surface area (Å²) in [5.74, 6) is -3.14. The lowest BCUT2D eigenvalue weighted by Crippen LogP contribution is -2.30. The molecular weight excluding hydrogens is 467 g/mol. The molecule has 0 bridgehead atoms. The average Bonchev–Trinajstić information content (AvgIpc) is 3.55. The third-order valence-electron chi connectivity index (χ3n) is 6.83. The first-order valence-electron chi connectivity index (χ1n) is 11.3. The molecule has 2 N–H and O–H groups in total. The van der Waals surface area contributed by atoms with Gasteiger partial charge in [-0.05, 0) is 60.1 Å². The number of aliphatic carboxylic acids is 1. The molecule has 5 nitrogen and oxygen atoms in total. The van der Waals surface area contributed by atoms with Gasteiger partial charge in [-0.2, -0.15) is 18.3 Å². The van der Waals surface area contributed by atoms with Gasteiger partial charge in [0.2, 0.25) is 0 Å². The van der Waals surface area contributed by atoms with Crippen LogP contribution in [-0.2, 0) is 11.8 Å². The number of fused-ring (bicyclic) bond motifs is 1. The van der Waals surface area contributed by atoms with Gasteiger partial charge < -0.3 is 10.4 Å². The van der Waals surface area contributed by atoms with Gasteiger partial charge in [-0.1, -0.05) is 30.7 Å². The first kappa shape index (κ1) is 24.4. The topological polar surface area (TPSA) is 67.2 Å². The molecule has 9 heteroatoms. The Labute approximate surface area is 200 Å². The van der Waals surface area contributed by atoms with Crippen LogP contribution in [0.25, 0.3) is 10.9 Å². The Bertz CT molecular complexity index is 1190.